The average molecular weight is 1100 g/mol. The van der Waals surface area contributed by atoms with Crippen LogP contribution in [-0.2, 0) is 12.8 Å². The smallest absolute Gasteiger partial charge is 0.0490 e. The van der Waals surface area contributed by atoms with E-state index in [1.807, 2.05) is 0 Å². The first-order valence-electron chi connectivity index (χ1n) is 26.9. The van der Waals surface area contributed by atoms with Crippen molar-refractivity contribution in [2.24, 2.45) is 0 Å². The fraction of sp³-hybridized carbons (Fsp3) is 0.229. The summed E-state index contributed by atoms with van der Waals surface area (Å²) in [6.45, 7) is 13.7. The lowest BCUT2D eigenvalue weighted by molar-refractivity contribution is 0.664. The summed E-state index contributed by atoms with van der Waals surface area (Å²) >= 11 is 7.21. The molecule has 0 atom stereocenters. The van der Waals surface area contributed by atoms with Crippen LogP contribution in [0.4, 0.5) is 34.1 Å². The first-order valence-corrected chi connectivity index (χ1v) is 28.5. The molecule has 0 fully saturated rings. The van der Waals surface area contributed by atoms with Crippen molar-refractivity contribution in [2.45, 2.75) is 106 Å². The Morgan fingerprint density at radius 2 is 0.649 bits per heavy atom. The number of hydrogen-bond donors (Lipinski definition) is 0. The van der Waals surface area contributed by atoms with Gasteiger partial charge in [-0.15, -0.1) is 0 Å². The molecule has 9 aromatic carbocycles. The van der Waals surface area contributed by atoms with Crippen molar-refractivity contribution in [3.63, 3.8) is 0 Å². The molecule has 0 heterocycles. The van der Waals surface area contributed by atoms with Crippen molar-refractivity contribution in [1.29, 1.82) is 0 Å². The molecular formula is C70H70Br2N2. The Bertz CT molecular complexity index is 3070. The van der Waals surface area contributed by atoms with E-state index in [4.69, 9.17) is 0 Å². The Balaban J connectivity index is 1.12. The lowest BCUT2D eigenvalue weighted by Crippen LogP contribution is -2.12. The van der Waals surface area contributed by atoms with Crippen LogP contribution in [0.3, 0.4) is 0 Å². The number of nitrogens with zero attached hydrogens (tertiary/aromatic N) is 2. The second-order valence-electron chi connectivity index (χ2n) is 20.1. The van der Waals surface area contributed by atoms with E-state index >= 15 is 0 Å². The Kier molecular flexibility index (Phi) is 17.5. The van der Waals surface area contributed by atoms with Gasteiger partial charge in [0.2, 0.25) is 0 Å². The molecule has 4 heteroatoms. The molecule has 9 aromatic rings. The number of para-hydroxylation sites is 2. The molecule has 74 heavy (non-hydrogen) atoms. The number of rotatable bonds is 20. The van der Waals surface area contributed by atoms with Crippen LogP contribution in [-0.4, -0.2) is 0 Å². The predicted molar refractivity (Wildman–Crippen MR) is 328 cm³/mol. The molecule has 0 spiro atoms. The minimum absolute atomic E-state index is 1.05. The van der Waals surface area contributed by atoms with Crippen LogP contribution in [0.25, 0.3) is 44.5 Å². The number of aryl methyl sites for hydroxylation is 6. The van der Waals surface area contributed by atoms with E-state index in [2.05, 4.69) is 277 Å². The Morgan fingerprint density at radius 1 is 0.311 bits per heavy atom. The van der Waals surface area contributed by atoms with E-state index in [1.54, 1.807) is 0 Å². The highest BCUT2D eigenvalue weighted by molar-refractivity contribution is 9.10. The fourth-order valence-electron chi connectivity index (χ4n) is 10.6. The molecule has 2 nitrogen and oxygen atoms in total. The van der Waals surface area contributed by atoms with E-state index in [9.17, 15) is 0 Å². The standard InChI is InChI=1S/C70H70Br2N2/c1-7-9-11-13-21-57-47-68(66-44-42-64(46-52(66)6)74(70-24-18-16-20-50(70)4)62-39-31-56(32-40-62)54-27-35-60(72)36-28-54)58(22-14-12-10-8-2)48-67(57)65-43-41-63(45-51(65)5)73(69-23-17-15-19-49(69)3)61-37-29-55(30-38-61)53-25-33-59(71)34-26-53/h15-20,23-48H,7-14,21-22H2,1-6H3. The third kappa shape index (κ3) is 12.2. The molecule has 0 aliphatic rings. The average Bonchev–Trinajstić information content (AvgIpc) is 3.42. The molecule has 0 unspecified atom stereocenters. The van der Waals surface area contributed by atoms with Crippen molar-refractivity contribution in [3.8, 4) is 44.5 Å². The molecule has 0 saturated heterocycles. The molecule has 0 aliphatic heterocycles. The maximum absolute atomic E-state index is 3.61. The third-order valence-corrected chi connectivity index (χ3v) is 15.8. The van der Waals surface area contributed by atoms with Crippen LogP contribution in [0.2, 0.25) is 0 Å². The van der Waals surface area contributed by atoms with Gasteiger partial charge in [-0.1, -0.05) is 193 Å². The summed E-state index contributed by atoms with van der Waals surface area (Å²) in [6.07, 6.45) is 11.9. The Morgan fingerprint density at radius 3 is 0.986 bits per heavy atom. The van der Waals surface area contributed by atoms with Gasteiger partial charge in [-0.2, -0.15) is 0 Å². The number of unbranched alkanes of at least 4 members (excludes halogenated alkanes) is 6. The van der Waals surface area contributed by atoms with Crippen molar-refractivity contribution in [2.75, 3.05) is 9.80 Å². The maximum atomic E-state index is 3.61. The summed E-state index contributed by atoms with van der Waals surface area (Å²) in [5.41, 5.74) is 25.1. The van der Waals surface area contributed by atoms with Crippen LogP contribution < -0.4 is 9.80 Å². The summed E-state index contributed by atoms with van der Waals surface area (Å²) < 4.78 is 2.17. The molecule has 374 valence electrons. The van der Waals surface area contributed by atoms with Gasteiger partial charge in [0.05, 0.1) is 0 Å². The summed E-state index contributed by atoms with van der Waals surface area (Å²) in [7, 11) is 0. The zero-order chi connectivity index (χ0) is 51.6. The molecule has 0 amide bonds. The molecule has 0 N–H and O–H groups in total. The van der Waals surface area contributed by atoms with Gasteiger partial charge in [-0.3, -0.25) is 0 Å². The summed E-state index contributed by atoms with van der Waals surface area (Å²) in [5, 5.41) is 0. The van der Waals surface area contributed by atoms with Gasteiger partial charge >= 0.3 is 0 Å². The molecule has 0 bridgehead atoms. The van der Waals surface area contributed by atoms with E-state index in [-0.39, 0.29) is 0 Å². The largest absolute Gasteiger partial charge is 0.310 e. The SMILES string of the molecule is CCCCCCc1cc(-c2ccc(N(c3ccc(-c4ccc(Br)cc4)cc3)c3ccccc3C)cc2C)c(CCCCCC)cc1-c1ccc(N(c2ccc(-c3ccc(Br)cc3)cc2)c2ccccc2C)cc1C. The van der Waals surface area contributed by atoms with E-state index in [0.717, 1.165) is 44.5 Å². The van der Waals surface area contributed by atoms with Crippen molar-refractivity contribution in [3.05, 3.63) is 236 Å². The van der Waals surface area contributed by atoms with Crippen LogP contribution in [0.5, 0.6) is 0 Å². The van der Waals surface area contributed by atoms with Crippen LogP contribution in [0.15, 0.2) is 203 Å². The van der Waals surface area contributed by atoms with Crippen molar-refractivity contribution in [1.82, 2.24) is 0 Å². The fourth-order valence-corrected chi connectivity index (χ4v) is 11.2. The number of anilines is 6. The molecule has 0 radical (unpaired) electrons. The van der Waals surface area contributed by atoms with E-state index in [0.29, 0.717) is 0 Å². The highest BCUT2D eigenvalue weighted by atomic mass is 79.9. The van der Waals surface area contributed by atoms with Gasteiger partial charge in [0.1, 0.15) is 0 Å². The van der Waals surface area contributed by atoms with Crippen LogP contribution >= 0.6 is 31.9 Å². The van der Waals surface area contributed by atoms with Gasteiger partial charge in [-0.05, 0) is 216 Å². The molecule has 0 saturated carbocycles. The van der Waals surface area contributed by atoms with Gasteiger partial charge in [0, 0.05) is 43.1 Å². The minimum atomic E-state index is 1.05. The first kappa shape index (κ1) is 52.4. The number of hydrogen-bond acceptors (Lipinski definition) is 2. The summed E-state index contributed by atoms with van der Waals surface area (Å²) in [6, 6.07) is 72.2. The van der Waals surface area contributed by atoms with E-state index < -0.39 is 0 Å². The highest BCUT2D eigenvalue weighted by Crippen LogP contribution is 2.44. The maximum Gasteiger partial charge on any atom is 0.0490 e. The van der Waals surface area contributed by atoms with Gasteiger partial charge < -0.3 is 9.80 Å². The second-order valence-corrected chi connectivity index (χ2v) is 22.0. The van der Waals surface area contributed by atoms with E-state index in [1.165, 1.54) is 141 Å². The number of halogens is 2. The molecule has 0 aromatic heterocycles. The lowest BCUT2D eigenvalue weighted by Gasteiger charge is -2.28. The van der Waals surface area contributed by atoms with Crippen molar-refractivity contribution < 1.29 is 0 Å². The Hall–Kier alpha value is -6.46. The third-order valence-electron chi connectivity index (χ3n) is 14.8. The molecule has 0 aliphatic carbocycles. The first-order chi connectivity index (χ1) is 36.1. The van der Waals surface area contributed by atoms with Gasteiger partial charge in [0.25, 0.3) is 0 Å². The lowest BCUT2D eigenvalue weighted by atomic mass is 9.84. The highest BCUT2D eigenvalue weighted by Gasteiger charge is 2.21. The monoisotopic (exact) mass is 1100 g/mol. The molecule has 9 rings (SSSR count). The summed E-state index contributed by atoms with van der Waals surface area (Å²) in [4.78, 5) is 4.86. The van der Waals surface area contributed by atoms with Crippen LogP contribution in [0, 0.1) is 27.7 Å². The zero-order valence-electron chi connectivity index (χ0n) is 44.2. The molecular weight excluding hydrogens is 1030 g/mol. The Labute approximate surface area is 459 Å². The minimum Gasteiger partial charge on any atom is -0.310 e. The predicted octanol–water partition coefficient (Wildman–Crippen LogP) is 22.3. The van der Waals surface area contributed by atoms with Gasteiger partial charge in [0.15, 0.2) is 0 Å². The zero-order valence-corrected chi connectivity index (χ0v) is 47.4. The summed E-state index contributed by atoms with van der Waals surface area (Å²) in [5.74, 6) is 0. The van der Waals surface area contributed by atoms with Crippen molar-refractivity contribution >= 4 is 66.0 Å². The second kappa shape index (κ2) is 24.7. The van der Waals surface area contributed by atoms with Crippen LogP contribution in [0.1, 0.15) is 98.6 Å². The normalized spacial score (nSPS) is 11.2. The topological polar surface area (TPSA) is 6.48 Å². The van der Waals surface area contributed by atoms with Gasteiger partial charge in [-0.25, -0.2) is 0 Å². The number of benzene rings is 9. The quantitative estimate of drug-likeness (QED) is 0.0702.